The standard InChI is InChI=1S/C27H40O6Si/c1-27(2,3)34(5,6)33-25-24(31-18-21-15-11-8-12-16-21)23(22(19-29-4)32-26(25)28)30-17-20-13-9-7-10-14-20/h7-16,22-26,28H,17-19H2,1-6H3/t22-,23-,24+,25-,26+/m1/s1. The van der Waals surface area contributed by atoms with Crippen LogP contribution in [0.1, 0.15) is 31.9 Å². The average Bonchev–Trinajstić information content (AvgIpc) is 2.79. The van der Waals surface area contributed by atoms with E-state index in [1.54, 1.807) is 7.11 Å². The van der Waals surface area contributed by atoms with Crippen molar-refractivity contribution in [1.82, 2.24) is 0 Å². The minimum atomic E-state index is -2.25. The third kappa shape index (κ3) is 6.98. The SMILES string of the molecule is COC[C@H]1O[C@H](O)[C@H](O[Si](C)(C)C(C)(C)C)[C@@H](OCc2ccccc2)[C@@H]1OCc1ccccc1. The van der Waals surface area contributed by atoms with Crippen LogP contribution < -0.4 is 0 Å². The zero-order chi connectivity index (χ0) is 24.8. The van der Waals surface area contributed by atoms with Crippen molar-refractivity contribution in [1.29, 1.82) is 0 Å². The maximum absolute atomic E-state index is 11.0. The molecule has 1 aliphatic heterocycles. The van der Waals surface area contributed by atoms with Crippen LogP contribution in [0.25, 0.3) is 0 Å². The van der Waals surface area contributed by atoms with Crippen LogP contribution in [-0.4, -0.2) is 57.8 Å². The lowest BCUT2D eigenvalue weighted by Crippen LogP contribution is -2.63. The molecule has 5 atom stereocenters. The molecule has 2 aromatic rings. The molecule has 1 saturated heterocycles. The lowest BCUT2D eigenvalue weighted by atomic mass is 9.98. The largest absolute Gasteiger partial charge is 0.406 e. The number of benzene rings is 2. The van der Waals surface area contributed by atoms with Crippen LogP contribution in [0.5, 0.6) is 0 Å². The van der Waals surface area contributed by atoms with Gasteiger partial charge in [-0.05, 0) is 29.3 Å². The fraction of sp³-hybridized carbons (Fsp3) is 0.556. The molecule has 0 radical (unpaired) electrons. The molecular formula is C27H40O6Si. The van der Waals surface area contributed by atoms with Gasteiger partial charge in [0.15, 0.2) is 14.6 Å². The molecule has 1 fully saturated rings. The fourth-order valence-corrected chi connectivity index (χ4v) is 5.05. The monoisotopic (exact) mass is 488 g/mol. The first-order chi connectivity index (χ1) is 16.1. The second-order valence-corrected chi connectivity index (χ2v) is 15.1. The minimum absolute atomic E-state index is 0.0412. The molecule has 1 N–H and O–H groups in total. The van der Waals surface area contributed by atoms with Crippen molar-refractivity contribution in [2.75, 3.05) is 13.7 Å². The smallest absolute Gasteiger partial charge is 0.192 e. The summed E-state index contributed by atoms with van der Waals surface area (Å²) in [6.07, 6.45) is -3.35. The molecule has 34 heavy (non-hydrogen) atoms. The Labute approximate surface area is 205 Å². The Morgan fingerprint density at radius 2 is 1.32 bits per heavy atom. The second-order valence-electron chi connectivity index (χ2n) is 10.4. The van der Waals surface area contributed by atoms with Crippen molar-refractivity contribution in [3.63, 3.8) is 0 Å². The first kappa shape index (κ1) is 27.0. The number of methoxy groups -OCH3 is 1. The lowest BCUT2D eigenvalue weighted by molar-refractivity contribution is -0.302. The zero-order valence-electron chi connectivity index (χ0n) is 21.3. The normalized spacial score (nSPS) is 25.9. The molecule has 1 heterocycles. The summed E-state index contributed by atoms with van der Waals surface area (Å²) in [5, 5.41) is 11.0. The Kier molecular flexibility index (Phi) is 9.46. The van der Waals surface area contributed by atoms with E-state index in [1.165, 1.54) is 0 Å². The van der Waals surface area contributed by atoms with Gasteiger partial charge < -0.3 is 28.5 Å². The highest BCUT2D eigenvalue weighted by atomic mass is 28.4. The molecule has 2 aromatic carbocycles. The fourth-order valence-electron chi connectivity index (χ4n) is 3.76. The maximum atomic E-state index is 11.0. The van der Waals surface area contributed by atoms with Gasteiger partial charge in [-0.1, -0.05) is 81.4 Å². The van der Waals surface area contributed by atoms with Crippen molar-refractivity contribution in [3.05, 3.63) is 71.8 Å². The van der Waals surface area contributed by atoms with E-state index >= 15 is 0 Å². The Balaban J connectivity index is 1.89. The molecule has 6 nitrogen and oxygen atoms in total. The highest BCUT2D eigenvalue weighted by Crippen LogP contribution is 2.40. The number of hydrogen-bond acceptors (Lipinski definition) is 6. The van der Waals surface area contributed by atoms with Crippen LogP contribution in [0, 0.1) is 0 Å². The Morgan fingerprint density at radius 3 is 1.79 bits per heavy atom. The van der Waals surface area contributed by atoms with E-state index in [9.17, 15) is 5.11 Å². The van der Waals surface area contributed by atoms with Gasteiger partial charge >= 0.3 is 0 Å². The predicted molar refractivity (Wildman–Crippen MR) is 135 cm³/mol. The van der Waals surface area contributed by atoms with E-state index in [0.717, 1.165) is 11.1 Å². The molecule has 7 heteroatoms. The Morgan fingerprint density at radius 1 is 0.824 bits per heavy atom. The van der Waals surface area contributed by atoms with Gasteiger partial charge in [-0.2, -0.15) is 0 Å². The molecule has 3 rings (SSSR count). The Bertz CT molecular complexity index is 854. The van der Waals surface area contributed by atoms with Crippen molar-refractivity contribution in [3.8, 4) is 0 Å². The summed E-state index contributed by atoms with van der Waals surface area (Å²) < 4.78 is 31.0. The molecular weight excluding hydrogens is 448 g/mol. The van der Waals surface area contributed by atoms with E-state index in [1.807, 2.05) is 60.7 Å². The van der Waals surface area contributed by atoms with Crippen LogP contribution in [-0.2, 0) is 36.6 Å². The van der Waals surface area contributed by atoms with Crippen LogP contribution in [0.4, 0.5) is 0 Å². The summed E-state index contributed by atoms with van der Waals surface area (Å²) in [5.41, 5.74) is 2.09. The van der Waals surface area contributed by atoms with Gasteiger partial charge in [-0.15, -0.1) is 0 Å². The third-order valence-corrected chi connectivity index (χ3v) is 11.2. The molecule has 0 spiro atoms. The van der Waals surface area contributed by atoms with E-state index in [-0.39, 0.29) is 11.6 Å². The summed E-state index contributed by atoms with van der Waals surface area (Å²) in [4.78, 5) is 0. The van der Waals surface area contributed by atoms with E-state index < -0.39 is 39.0 Å². The van der Waals surface area contributed by atoms with Gasteiger partial charge in [0, 0.05) is 7.11 Å². The first-order valence-corrected chi connectivity index (χ1v) is 14.8. The van der Waals surface area contributed by atoms with Crippen LogP contribution in [0.15, 0.2) is 60.7 Å². The van der Waals surface area contributed by atoms with Crippen molar-refractivity contribution < 1.29 is 28.5 Å². The molecule has 0 aromatic heterocycles. The van der Waals surface area contributed by atoms with Crippen LogP contribution >= 0.6 is 0 Å². The van der Waals surface area contributed by atoms with Gasteiger partial charge in [-0.25, -0.2) is 0 Å². The molecule has 0 unspecified atom stereocenters. The first-order valence-electron chi connectivity index (χ1n) is 11.9. The highest BCUT2D eigenvalue weighted by Gasteiger charge is 2.51. The number of hydrogen-bond donors (Lipinski definition) is 1. The number of rotatable bonds is 10. The highest BCUT2D eigenvalue weighted by molar-refractivity contribution is 6.74. The van der Waals surface area contributed by atoms with Crippen LogP contribution in [0.3, 0.4) is 0 Å². The van der Waals surface area contributed by atoms with Crippen molar-refractivity contribution in [2.24, 2.45) is 0 Å². The third-order valence-electron chi connectivity index (χ3n) is 6.75. The van der Waals surface area contributed by atoms with Gasteiger partial charge in [0.2, 0.25) is 0 Å². The second kappa shape index (κ2) is 11.9. The lowest BCUT2D eigenvalue weighted by Gasteiger charge is -2.48. The zero-order valence-corrected chi connectivity index (χ0v) is 22.3. The molecule has 188 valence electrons. The summed E-state index contributed by atoms with van der Waals surface area (Å²) >= 11 is 0. The number of ether oxygens (including phenoxy) is 4. The van der Waals surface area contributed by atoms with Gasteiger partial charge in [0.1, 0.15) is 24.4 Å². The molecule has 0 amide bonds. The van der Waals surface area contributed by atoms with Crippen LogP contribution in [0.2, 0.25) is 18.1 Å². The quantitative estimate of drug-likeness (QED) is 0.479. The molecule has 0 bridgehead atoms. The van der Waals surface area contributed by atoms with E-state index in [0.29, 0.717) is 13.2 Å². The maximum Gasteiger partial charge on any atom is 0.192 e. The van der Waals surface area contributed by atoms with E-state index in [4.69, 9.17) is 23.4 Å². The average molecular weight is 489 g/mol. The van der Waals surface area contributed by atoms with Gasteiger partial charge in [0.25, 0.3) is 0 Å². The summed E-state index contributed by atoms with van der Waals surface area (Å²) in [6, 6.07) is 20.0. The summed E-state index contributed by atoms with van der Waals surface area (Å²) in [7, 11) is -0.635. The van der Waals surface area contributed by atoms with Gasteiger partial charge in [0.05, 0.1) is 19.8 Å². The molecule has 0 saturated carbocycles. The van der Waals surface area contributed by atoms with Crippen molar-refractivity contribution >= 4 is 8.32 Å². The summed E-state index contributed by atoms with van der Waals surface area (Å²) in [5.74, 6) is 0. The van der Waals surface area contributed by atoms with Crippen molar-refractivity contribution in [2.45, 2.75) is 82.8 Å². The van der Waals surface area contributed by atoms with Gasteiger partial charge in [-0.3, -0.25) is 0 Å². The number of aliphatic hydroxyl groups excluding tert-OH is 1. The number of aliphatic hydroxyl groups is 1. The minimum Gasteiger partial charge on any atom is -0.406 e. The predicted octanol–water partition coefficient (Wildman–Crippen LogP) is 4.91. The topological polar surface area (TPSA) is 66.4 Å². The summed E-state index contributed by atoms with van der Waals surface area (Å²) in [6.45, 7) is 11.9. The molecule has 0 aliphatic carbocycles. The Hall–Kier alpha value is -1.58. The van der Waals surface area contributed by atoms with E-state index in [2.05, 4.69) is 33.9 Å². The molecule has 1 aliphatic rings.